The maximum Gasteiger partial charge on any atom is 0.335 e. The number of imide groups is 2. The first-order valence-electron chi connectivity index (χ1n) is 14.3. The van der Waals surface area contributed by atoms with E-state index in [9.17, 15) is 14.4 Å². The number of methoxy groups -OCH3 is 1. The number of benzene rings is 2. The minimum Gasteiger partial charge on any atom is -0.493 e. The molecule has 5 fully saturated rings. The second-order valence-electron chi connectivity index (χ2n) is 12.1. The van der Waals surface area contributed by atoms with E-state index in [0.717, 1.165) is 32.6 Å². The van der Waals surface area contributed by atoms with Crippen LogP contribution in [-0.2, 0) is 15.0 Å². The van der Waals surface area contributed by atoms with Crippen molar-refractivity contribution in [2.24, 2.45) is 17.8 Å². The first kappa shape index (κ1) is 27.3. The highest BCUT2D eigenvalue weighted by Gasteiger charge is 2.51. The zero-order valence-corrected chi connectivity index (χ0v) is 25.3. The van der Waals surface area contributed by atoms with Gasteiger partial charge in [-0.15, -0.1) is 0 Å². The van der Waals surface area contributed by atoms with Gasteiger partial charge in [0.1, 0.15) is 5.57 Å². The van der Waals surface area contributed by atoms with Gasteiger partial charge in [-0.2, -0.15) is 0 Å². The lowest BCUT2D eigenvalue weighted by molar-refractivity contribution is -0.122. The van der Waals surface area contributed by atoms with Gasteiger partial charge in [0, 0.05) is 0 Å². The summed E-state index contributed by atoms with van der Waals surface area (Å²) in [7, 11) is 1.55. The van der Waals surface area contributed by atoms with E-state index in [1.54, 1.807) is 13.2 Å². The third kappa shape index (κ3) is 4.82. The van der Waals surface area contributed by atoms with Crippen molar-refractivity contribution in [2.75, 3.05) is 12.0 Å². The van der Waals surface area contributed by atoms with E-state index in [-0.39, 0.29) is 17.1 Å². The minimum atomic E-state index is -0.737. The summed E-state index contributed by atoms with van der Waals surface area (Å²) >= 11 is 2.16. The largest absolute Gasteiger partial charge is 0.493 e. The summed E-state index contributed by atoms with van der Waals surface area (Å²) in [5.41, 5.74) is 2.48. The molecule has 1 saturated heterocycles. The van der Waals surface area contributed by atoms with Crippen LogP contribution in [0.4, 0.5) is 10.5 Å². The summed E-state index contributed by atoms with van der Waals surface area (Å²) in [5.74, 6) is 2.26. The van der Waals surface area contributed by atoms with Crippen LogP contribution < -0.4 is 19.7 Å². The summed E-state index contributed by atoms with van der Waals surface area (Å²) in [5, 5.41) is 2.34. The third-order valence-corrected chi connectivity index (χ3v) is 10.1. The highest BCUT2D eigenvalue weighted by atomic mass is 127. The number of nitrogens with one attached hydrogen (secondary N) is 1. The summed E-state index contributed by atoms with van der Waals surface area (Å²) in [4.78, 5) is 40.3. The maximum atomic E-state index is 13.6. The molecule has 2 aromatic carbocycles. The predicted octanol–water partition coefficient (Wildman–Crippen LogP) is 6.61. The Balaban J connectivity index is 1.27. The molecule has 8 heteroatoms. The van der Waals surface area contributed by atoms with Gasteiger partial charge in [-0.3, -0.25) is 14.9 Å². The molecule has 4 saturated carbocycles. The minimum absolute atomic E-state index is 0.00576. The number of rotatable bonds is 7. The molecule has 4 amide bonds. The Hall–Kier alpha value is -2.88. The topological polar surface area (TPSA) is 84.9 Å². The molecule has 2 aromatic rings. The van der Waals surface area contributed by atoms with E-state index in [4.69, 9.17) is 9.47 Å². The van der Waals surface area contributed by atoms with Gasteiger partial charge in [0.15, 0.2) is 11.5 Å². The molecule has 7 rings (SSSR count). The fourth-order valence-corrected chi connectivity index (χ4v) is 8.46. The molecular weight excluding hydrogens is 619 g/mol. The Morgan fingerprint density at radius 2 is 1.68 bits per heavy atom. The fourth-order valence-electron chi connectivity index (χ4n) is 7.71. The number of hydrogen-bond donors (Lipinski definition) is 1. The van der Waals surface area contributed by atoms with Crippen LogP contribution >= 0.6 is 22.6 Å². The molecule has 0 spiro atoms. The number of urea groups is 1. The highest BCUT2D eigenvalue weighted by molar-refractivity contribution is 14.1. The van der Waals surface area contributed by atoms with Crippen molar-refractivity contribution in [1.29, 1.82) is 0 Å². The van der Waals surface area contributed by atoms with Crippen LogP contribution in [0, 0.1) is 21.3 Å². The number of anilines is 1. The van der Waals surface area contributed by atoms with Crippen molar-refractivity contribution in [3.63, 3.8) is 0 Å². The molecule has 7 nitrogen and oxygen atoms in total. The molecule has 1 N–H and O–H groups in total. The van der Waals surface area contributed by atoms with Gasteiger partial charge in [-0.05, 0) is 139 Å². The maximum absolute atomic E-state index is 13.6. The first-order chi connectivity index (χ1) is 19.2. The van der Waals surface area contributed by atoms with Gasteiger partial charge in [-0.25, -0.2) is 9.69 Å². The van der Waals surface area contributed by atoms with E-state index < -0.39 is 17.8 Å². The van der Waals surface area contributed by atoms with Crippen molar-refractivity contribution < 1.29 is 23.9 Å². The average Bonchev–Trinajstić information content (AvgIpc) is 2.91. The van der Waals surface area contributed by atoms with Crippen LogP contribution in [0.5, 0.6) is 11.5 Å². The molecule has 1 atom stereocenters. The normalized spacial score (nSPS) is 29.1. The Morgan fingerprint density at radius 3 is 2.25 bits per heavy atom. The van der Waals surface area contributed by atoms with Gasteiger partial charge in [0.25, 0.3) is 11.8 Å². The lowest BCUT2D eigenvalue weighted by atomic mass is 9.48. The summed E-state index contributed by atoms with van der Waals surface area (Å²) in [6.07, 6.45) is 10.2. The molecule has 5 aliphatic rings. The molecule has 40 heavy (non-hydrogen) atoms. The van der Waals surface area contributed by atoms with Crippen molar-refractivity contribution in [3.05, 3.63) is 56.7 Å². The molecule has 4 bridgehead atoms. The van der Waals surface area contributed by atoms with Gasteiger partial charge >= 0.3 is 6.03 Å². The highest BCUT2D eigenvalue weighted by Crippen LogP contribution is 2.60. The second-order valence-corrected chi connectivity index (χ2v) is 13.2. The zero-order valence-electron chi connectivity index (χ0n) is 23.2. The third-order valence-electron chi connectivity index (χ3n) is 9.33. The number of amides is 4. The molecular formula is C32H35IN2O5. The summed E-state index contributed by atoms with van der Waals surface area (Å²) in [6.45, 7) is 4.03. The van der Waals surface area contributed by atoms with Gasteiger partial charge in [0.2, 0.25) is 0 Å². The summed E-state index contributed by atoms with van der Waals surface area (Å²) < 4.78 is 12.4. The number of halogens is 1. The molecule has 210 valence electrons. The van der Waals surface area contributed by atoms with E-state index in [2.05, 4.69) is 40.0 Å². The molecule has 1 aliphatic heterocycles. The van der Waals surface area contributed by atoms with Crippen molar-refractivity contribution in [2.45, 2.75) is 70.3 Å². The van der Waals surface area contributed by atoms with Crippen LogP contribution in [0.25, 0.3) is 6.08 Å². The van der Waals surface area contributed by atoms with Crippen LogP contribution in [0.2, 0.25) is 0 Å². The number of ether oxygens (including phenoxy) is 2. The van der Waals surface area contributed by atoms with E-state index in [1.807, 2.05) is 32.0 Å². The van der Waals surface area contributed by atoms with Crippen molar-refractivity contribution in [1.82, 2.24) is 5.32 Å². The van der Waals surface area contributed by atoms with E-state index >= 15 is 0 Å². The van der Waals surface area contributed by atoms with Crippen LogP contribution in [-0.4, -0.2) is 31.1 Å². The van der Waals surface area contributed by atoms with E-state index in [1.165, 1.54) is 50.2 Å². The molecule has 0 aromatic heterocycles. The van der Waals surface area contributed by atoms with Crippen LogP contribution in [0.3, 0.4) is 0 Å². The van der Waals surface area contributed by atoms with Gasteiger partial charge in [0.05, 0.1) is 22.5 Å². The lowest BCUT2D eigenvalue weighted by Gasteiger charge is -2.57. The molecule has 0 unspecified atom stereocenters. The lowest BCUT2D eigenvalue weighted by Crippen LogP contribution is -2.54. The Labute approximate surface area is 248 Å². The number of nitrogens with zero attached hydrogens (tertiary/aromatic N) is 1. The Kier molecular flexibility index (Phi) is 7.17. The standard InChI is InChI=1S/C32H35IN2O5/c1-4-18(2)40-28-26(33)13-19(14-27(28)39-3)12-25-29(36)34-31(38)35(30(25)37)24-7-5-23(6-8-24)32-15-20-9-21(16-32)11-22(10-20)17-32/h5-8,12-14,18,20-22H,4,9-11,15-17H2,1-3H3,(H,34,36,38)/b25-12+/t18-,20?,21?,22?,32?/m1/s1. The molecule has 4 aliphatic carbocycles. The van der Waals surface area contributed by atoms with Crippen molar-refractivity contribution >= 4 is 52.2 Å². The summed E-state index contributed by atoms with van der Waals surface area (Å²) in [6, 6.07) is 10.7. The van der Waals surface area contributed by atoms with Gasteiger partial charge in [-0.1, -0.05) is 19.1 Å². The fraction of sp³-hybridized carbons (Fsp3) is 0.469. The number of barbiturate groups is 1. The zero-order chi connectivity index (χ0) is 28.2. The predicted molar refractivity (Wildman–Crippen MR) is 161 cm³/mol. The molecule has 1 heterocycles. The van der Waals surface area contributed by atoms with Crippen LogP contribution in [0.15, 0.2) is 42.0 Å². The first-order valence-corrected chi connectivity index (χ1v) is 15.3. The van der Waals surface area contributed by atoms with Crippen LogP contribution in [0.1, 0.15) is 69.9 Å². The number of carbonyl (C=O) groups excluding carboxylic acids is 3. The number of hydrogen-bond acceptors (Lipinski definition) is 5. The van der Waals surface area contributed by atoms with Crippen molar-refractivity contribution in [3.8, 4) is 11.5 Å². The number of carbonyl (C=O) groups is 3. The van der Waals surface area contributed by atoms with Gasteiger partial charge < -0.3 is 9.47 Å². The smallest absolute Gasteiger partial charge is 0.335 e. The monoisotopic (exact) mass is 654 g/mol. The average molecular weight is 655 g/mol. The Morgan fingerprint density at radius 1 is 1.05 bits per heavy atom. The Bertz CT molecular complexity index is 1360. The quantitative estimate of drug-likeness (QED) is 0.206. The molecule has 0 radical (unpaired) electrons. The SMILES string of the molecule is CC[C@@H](C)Oc1c(I)cc(/C=C2\C(=O)NC(=O)N(c3ccc(C45CC6CC(CC(C6)C4)C5)cc3)C2=O)cc1OC. The second kappa shape index (κ2) is 10.5. The van der Waals surface area contributed by atoms with E-state index in [0.29, 0.717) is 22.7 Å².